The summed E-state index contributed by atoms with van der Waals surface area (Å²) >= 11 is 6.25. The molecule has 1 N–H and O–H groups in total. The minimum atomic E-state index is -0.586. The number of anilines is 1. The van der Waals surface area contributed by atoms with Crippen molar-refractivity contribution in [2.45, 2.75) is 6.10 Å². The average Bonchev–Trinajstić information content (AvgIpc) is 2.62. The number of β-amino-alcohol motifs (C(OH)–C–C–N with tert-alkyl or cyclic N) is 1. The van der Waals surface area contributed by atoms with Crippen molar-refractivity contribution in [1.29, 1.82) is 0 Å². The van der Waals surface area contributed by atoms with Crippen molar-refractivity contribution in [3.05, 3.63) is 59.4 Å². The van der Waals surface area contributed by atoms with Crippen LogP contribution in [0.15, 0.2) is 48.5 Å². The second-order valence-electron chi connectivity index (χ2n) is 6.16. The molecular formula is C19H23Cl2FN2O2. The largest absolute Gasteiger partial charge is 0.491 e. The highest BCUT2D eigenvalue weighted by atomic mass is 35.5. The fraction of sp³-hybridized carbons (Fsp3) is 0.368. The van der Waals surface area contributed by atoms with Crippen LogP contribution in [0.1, 0.15) is 0 Å². The van der Waals surface area contributed by atoms with E-state index in [9.17, 15) is 9.50 Å². The van der Waals surface area contributed by atoms with E-state index in [-0.39, 0.29) is 24.8 Å². The van der Waals surface area contributed by atoms with Crippen molar-refractivity contribution < 1.29 is 14.2 Å². The third kappa shape index (κ3) is 5.74. The molecule has 0 saturated carbocycles. The van der Waals surface area contributed by atoms with E-state index in [0.29, 0.717) is 12.3 Å². The molecule has 0 spiro atoms. The van der Waals surface area contributed by atoms with Crippen molar-refractivity contribution in [2.24, 2.45) is 0 Å². The van der Waals surface area contributed by atoms with Crippen LogP contribution in [0.5, 0.6) is 5.75 Å². The van der Waals surface area contributed by atoms with Gasteiger partial charge in [-0.3, -0.25) is 4.90 Å². The van der Waals surface area contributed by atoms with Gasteiger partial charge >= 0.3 is 0 Å². The normalized spacial score (nSPS) is 16.0. The number of rotatable bonds is 6. The molecular weight excluding hydrogens is 378 g/mol. The molecule has 3 rings (SSSR count). The number of para-hydroxylation sites is 1. The molecule has 2 aromatic rings. The average molecular weight is 401 g/mol. The fourth-order valence-corrected chi connectivity index (χ4v) is 3.21. The lowest BCUT2D eigenvalue weighted by atomic mass is 10.2. The van der Waals surface area contributed by atoms with Gasteiger partial charge in [-0.1, -0.05) is 23.7 Å². The van der Waals surface area contributed by atoms with Crippen molar-refractivity contribution in [3.8, 4) is 5.75 Å². The Labute approximate surface area is 164 Å². The molecule has 4 nitrogen and oxygen atoms in total. The number of hydrogen-bond donors (Lipinski definition) is 1. The maximum absolute atomic E-state index is 12.8. The zero-order valence-corrected chi connectivity index (χ0v) is 15.9. The van der Waals surface area contributed by atoms with Crippen molar-refractivity contribution in [2.75, 3.05) is 44.2 Å². The van der Waals surface area contributed by atoms with E-state index in [2.05, 4.69) is 9.80 Å². The third-order valence-electron chi connectivity index (χ3n) is 4.29. The number of aliphatic hydroxyl groups is 1. The molecule has 1 fully saturated rings. The maximum Gasteiger partial charge on any atom is 0.123 e. The minimum Gasteiger partial charge on any atom is -0.491 e. The zero-order chi connectivity index (χ0) is 17.6. The van der Waals surface area contributed by atoms with Gasteiger partial charge in [0.05, 0.1) is 10.7 Å². The first-order chi connectivity index (χ1) is 12.1. The Kier molecular flexibility index (Phi) is 7.97. The van der Waals surface area contributed by atoms with E-state index in [4.69, 9.17) is 16.3 Å². The standard InChI is InChI=1S/C19H22ClFN2O2.ClH/c20-18-3-1-2-4-19(18)23-11-9-22(10-12-23)13-16(24)14-25-17-7-5-15(21)6-8-17;/h1-8,16,24H,9-14H2;1H. The molecule has 0 amide bonds. The summed E-state index contributed by atoms with van der Waals surface area (Å²) in [7, 11) is 0. The molecule has 0 radical (unpaired) electrons. The monoisotopic (exact) mass is 400 g/mol. The number of benzene rings is 2. The number of aliphatic hydroxyl groups excluding tert-OH is 1. The van der Waals surface area contributed by atoms with E-state index in [0.717, 1.165) is 36.9 Å². The van der Waals surface area contributed by atoms with Crippen molar-refractivity contribution >= 4 is 29.7 Å². The Morgan fingerprint density at radius 3 is 2.35 bits per heavy atom. The Morgan fingerprint density at radius 1 is 1.04 bits per heavy atom. The molecule has 1 heterocycles. The first kappa shape index (κ1) is 20.8. The summed E-state index contributed by atoms with van der Waals surface area (Å²) in [5.74, 6) is 0.258. The Balaban J connectivity index is 0.00000243. The molecule has 1 atom stereocenters. The van der Waals surface area contributed by atoms with Gasteiger partial charge < -0.3 is 14.7 Å². The highest BCUT2D eigenvalue weighted by Gasteiger charge is 2.20. The van der Waals surface area contributed by atoms with Crippen LogP contribution in [0.3, 0.4) is 0 Å². The third-order valence-corrected chi connectivity index (χ3v) is 4.61. The van der Waals surface area contributed by atoms with E-state index in [1.165, 1.54) is 12.1 Å². The highest BCUT2D eigenvalue weighted by molar-refractivity contribution is 6.33. The topological polar surface area (TPSA) is 35.9 Å². The van der Waals surface area contributed by atoms with Crippen LogP contribution < -0.4 is 9.64 Å². The van der Waals surface area contributed by atoms with Crippen LogP contribution in [0.25, 0.3) is 0 Å². The van der Waals surface area contributed by atoms with Gasteiger partial charge in [0.15, 0.2) is 0 Å². The van der Waals surface area contributed by atoms with Gasteiger partial charge in [-0.2, -0.15) is 0 Å². The molecule has 26 heavy (non-hydrogen) atoms. The van der Waals surface area contributed by atoms with Gasteiger partial charge in [-0.05, 0) is 36.4 Å². The van der Waals surface area contributed by atoms with Gasteiger partial charge in [0.2, 0.25) is 0 Å². The SMILES string of the molecule is Cl.OC(COc1ccc(F)cc1)CN1CCN(c2ccccc2Cl)CC1. The van der Waals surface area contributed by atoms with E-state index in [1.54, 1.807) is 12.1 Å². The van der Waals surface area contributed by atoms with Crippen LogP contribution in [-0.2, 0) is 0 Å². The van der Waals surface area contributed by atoms with Crippen LogP contribution >= 0.6 is 24.0 Å². The second-order valence-corrected chi connectivity index (χ2v) is 6.57. The molecule has 1 unspecified atom stereocenters. The van der Waals surface area contributed by atoms with Crippen LogP contribution in [0.4, 0.5) is 10.1 Å². The molecule has 0 aromatic heterocycles. The van der Waals surface area contributed by atoms with Gasteiger partial charge in [-0.25, -0.2) is 4.39 Å². The van der Waals surface area contributed by atoms with Gasteiger partial charge in [-0.15, -0.1) is 12.4 Å². The van der Waals surface area contributed by atoms with Gasteiger partial charge in [0, 0.05) is 32.7 Å². The lowest BCUT2D eigenvalue weighted by molar-refractivity contribution is 0.0663. The molecule has 1 aliphatic heterocycles. The van der Waals surface area contributed by atoms with Crippen LogP contribution in [0.2, 0.25) is 5.02 Å². The minimum absolute atomic E-state index is 0. The molecule has 0 bridgehead atoms. The smallest absolute Gasteiger partial charge is 0.123 e. The van der Waals surface area contributed by atoms with E-state index >= 15 is 0 Å². The van der Waals surface area contributed by atoms with Crippen LogP contribution in [0, 0.1) is 5.82 Å². The maximum atomic E-state index is 12.8. The highest BCUT2D eigenvalue weighted by Crippen LogP contribution is 2.26. The fourth-order valence-electron chi connectivity index (χ4n) is 2.95. The lowest BCUT2D eigenvalue weighted by Crippen LogP contribution is -2.49. The number of piperazine rings is 1. The van der Waals surface area contributed by atoms with E-state index < -0.39 is 6.10 Å². The van der Waals surface area contributed by atoms with Gasteiger partial charge in [0.25, 0.3) is 0 Å². The Morgan fingerprint density at radius 2 is 1.69 bits per heavy atom. The molecule has 142 valence electrons. The summed E-state index contributed by atoms with van der Waals surface area (Å²) in [4.78, 5) is 4.48. The predicted octanol–water partition coefficient (Wildman–Crippen LogP) is 3.46. The zero-order valence-electron chi connectivity index (χ0n) is 14.4. The Bertz CT molecular complexity index is 679. The second kappa shape index (κ2) is 9.97. The Hall–Kier alpha value is -1.53. The first-order valence-corrected chi connectivity index (χ1v) is 8.78. The molecule has 2 aromatic carbocycles. The predicted molar refractivity (Wildman–Crippen MR) is 105 cm³/mol. The van der Waals surface area contributed by atoms with Crippen LogP contribution in [-0.4, -0.2) is 55.4 Å². The van der Waals surface area contributed by atoms with Gasteiger partial charge in [0.1, 0.15) is 24.3 Å². The summed E-state index contributed by atoms with van der Waals surface area (Å²) in [5, 5.41) is 10.9. The molecule has 0 aliphatic carbocycles. The summed E-state index contributed by atoms with van der Waals surface area (Å²) in [6, 6.07) is 13.7. The quantitative estimate of drug-likeness (QED) is 0.805. The summed E-state index contributed by atoms with van der Waals surface area (Å²) in [6.07, 6.45) is -0.586. The summed E-state index contributed by atoms with van der Waals surface area (Å²) < 4.78 is 18.3. The number of hydrogen-bond acceptors (Lipinski definition) is 4. The number of ether oxygens (including phenoxy) is 1. The summed E-state index contributed by atoms with van der Waals surface area (Å²) in [5.41, 5.74) is 1.06. The lowest BCUT2D eigenvalue weighted by Gasteiger charge is -2.37. The van der Waals surface area contributed by atoms with Crippen molar-refractivity contribution in [3.63, 3.8) is 0 Å². The summed E-state index contributed by atoms with van der Waals surface area (Å²) in [6.45, 7) is 4.20. The molecule has 1 saturated heterocycles. The molecule has 1 aliphatic rings. The molecule has 7 heteroatoms. The number of nitrogens with zero attached hydrogens (tertiary/aromatic N) is 2. The first-order valence-electron chi connectivity index (χ1n) is 8.40. The van der Waals surface area contributed by atoms with E-state index in [1.807, 2.05) is 24.3 Å². The number of halogens is 3. The van der Waals surface area contributed by atoms with Crippen molar-refractivity contribution in [1.82, 2.24) is 4.90 Å².